The maximum absolute atomic E-state index is 12.5. The number of aromatic nitrogens is 2. The lowest BCUT2D eigenvalue weighted by molar-refractivity contribution is -0.131. The van der Waals surface area contributed by atoms with E-state index in [-0.39, 0.29) is 24.0 Å². The molecule has 8 nitrogen and oxygen atoms in total. The van der Waals surface area contributed by atoms with Crippen molar-refractivity contribution in [1.82, 2.24) is 30.4 Å². The summed E-state index contributed by atoms with van der Waals surface area (Å²) in [5.74, 6) is 0.136. The third-order valence-corrected chi connectivity index (χ3v) is 5.89. The van der Waals surface area contributed by atoms with Gasteiger partial charge in [-0.05, 0) is 18.6 Å². The fourth-order valence-corrected chi connectivity index (χ4v) is 4.01. The van der Waals surface area contributed by atoms with Gasteiger partial charge in [-0.2, -0.15) is 0 Å². The second-order valence-corrected chi connectivity index (χ2v) is 7.98. The van der Waals surface area contributed by atoms with Gasteiger partial charge in [0.2, 0.25) is 11.8 Å². The summed E-state index contributed by atoms with van der Waals surface area (Å²) in [5.41, 5.74) is 3.78. The van der Waals surface area contributed by atoms with Crippen LogP contribution in [0.2, 0.25) is 0 Å². The Morgan fingerprint density at radius 3 is 2.47 bits per heavy atom. The predicted molar refractivity (Wildman–Crippen MR) is 113 cm³/mol. The van der Waals surface area contributed by atoms with Crippen LogP contribution in [0.3, 0.4) is 0 Å². The van der Waals surface area contributed by atoms with E-state index in [1.807, 2.05) is 42.2 Å². The number of benzene rings is 1. The molecule has 2 aliphatic heterocycles. The van der Waals surface area contributed by atoms with Gasteiger partial charge in [-0.1, -0.05) is 24.3 Å². The predicted octanol–water partition coefficient (Wildman–Crippen LogP) is 0.573. The molecule has 4 rings (SSSR count). The first kappa shape index (κ1) is 20.4. The van der Waals surface area contributed by atoms with Crippen molar-refractivity contribution < 1.29 is 9.59 Å². The molecule has 30 heavy (non-hydrogen) atoms. The summed E-state index contributed by atoms with van der Waals surface area (Å²) in [4.78, 5) is 36.7. The molecule has 8 heteroatoms. The first-order valence-electron chi connectivity index (χ1n) is 10.4. The van der Waals surface area contributed by atoms with Crippen molar-refractivity contribution in [1.29, 1.82) is 0 Å². The lowest BCUT2D eigenvalue weighted by Gasteiger charge is -2.48. The molecule has 1 aromatic heterocycles. The summed E-state index contributed by atoms with van der Waals surface area (Å²) in [5, 5.41) is 6.42. The minimum atomic E-state index is -0.0374. The number of amides is 2. The Balaban J connectivity index is 1.28. The Morgan fingerprint density at radius 2 is 1.87 bits per heavy atom. The number of nitrogens with zero attached hydrogens (tertiary/aromatic N) is 4. The number of aryl methyl sites for hydroxylation is 1. The monoisotopic (exact) mass is 408 g/mol. The summed E-state index contributed by atoms with van der Waals surface area (Å²) in [6, 6.07) is 10.1. The average Bonchev–Trinajstić information content (AvgIpc) is 2.72. The van der Waals surface area contributed by atoms with E-state index in [4.69, 9.17) is 0 Å². The van der Waals surface area contributed by atoms with Crippen LogP contribution in [0.15, 0.2) is 36.7 Å². The van der Waals surface area contributed by atoms with Crippen molar-refractivity contribution in [2.45, 2.75) is 32.5 Å². The van der Waals surface area contributed by atoms with Crippen LogP contribution >= 0.6 is 0 Å². The lowest BCUT2D eigenvalue weighted by Crippen LogP contribution is -2.72. The fourth-order valence-electron chi connectivity index (χ4n) is 4.01. The Morgan fingerprint density at radius 1 is 1.13 bits per heavy atom. The molecule has 0 radical (unpaired) electrons. The number of carbonyl (C=O) groups excluding carboxylic acids is 2. The second-order valence-electron chi connectivity index (χ2n) is 7.98. The lowest BCUT2D eigenvalue weighted by atomic mass is 10.0. The zero-order chi connectivity index (χ0) is 21.1. The number of carbonyl (C=O) groups is 2. The highest BCUT2D eigenvalue weighted by Gasteiger charge is 2.37. The highest BCUT2D eigenvalue weighted by atomic mass is 16.2. The summed E-state index contributed by atoms with van der Waals surface area (Å²) >= 11 is 0. The van der Waals surface area contributed by atoms with Crippen LogP contribution in [-0.2, 0) is 16.0 Å². The van der Waals surface area contributed by atoms with Crippen LogP contribution in [0.25, 0.3) is 11.3 Å². The van der Waals surface area contributed by atoms with Crippen LogP contribution in [-0.4, -0.2) is 76.5 Å². The van der Waals surface area contributed by atoms with Crippen LogP contribution in [0.1, 0.15) is 18.2 Å². The minimum Gasteiger partial charge on any atom is -0.340 e. The molecule has 2 fully saturated rings. The first-order valence-corrected chi connectivity index (χ1v) is 10.4. The molecule has 2 saturated heterocycles. The molecular formula is C22H28N6O2. The SMILES string of the molecule is CC(=O)N1CCN([C@@H]2CNC2NC(=O)Cc2ccc(-c3cc(C)ncn3)cc2)CC1. The van der Waals surface area contributed by atoms with Gasteiger partial charge in [-0.15, -0.1) is 0 Å². The quantitative estimate of drug-likeness (QED) is 0.752. The number of hydrogen-bond donors (Lipinski definition) is 2. The number of hydrogen-bond acceptors (Lipinski definition) is 6. The van der Waals surface area contributed by atoms with Gasteiger partial charge in [-0.3, -0.25) is 19.8 Å². The molecule has 2 aliphatic rings. The van der Waals surface area contributed by atoms with E-state index in [9.17, 15) is 9.59 Å². The largest absolute Gasteiger partial charge is 0.340 e. The third kappa shape index (κ3) is 4.66. The molecule has 0 spiro atoms. The minimum absolute atomic E-state index is 0.00482. The van der Waals surface area contributed by atoms with Crippen LogP contribution in [0, 0.1) is 6.92 Å². The molecule has 2 amide bonds. The van der Waals surface area contributed by atoms with Crippen molar-refractivity contribution in [3.63, 3.8) is 0 Å². The van der Waals surface area contributed by atoms with Gasteiger partial charge in [0.05, 0.1) is 24.3 Å². The molecule has 0 bridgehead atoms. The molecule has 3 heterocycles. The summed E-state index contributed by atoms with van der Waals surface area (Å²) in [6.07, 6.45) is 1.87. The molecule has 0 aliphatic carbocycles. The van der Waals surface area contributed by atoms with Crippen molar-refractivity contribution in [2.75, 3.05) is 32.7 Å². The summed E-state index contributed by atoms with van der Waals surface area (Å²) in [6.45, 7) is 7.62. The Hall–Kier alpha value is -2.84. The van der Waals surface area contributed by atoms with Gasteiger partial charge < -0.3 is 10.2 Å². The van der Waals surface area contributed by atoms with Gasteiger partial charge in [-0.25, -0.2) is 9.97 Å². The van der Waals surface area contributed by atoms with Crippen LogP contribution < -0.4 is 10.6 Å². The first-order chi connectivity index (χ1) is 14.5. The molecule has 2 aromatic rings. The van der Waals surface area contributed by atoms with Crippen molar-refractivity contribution >= 4 is 11.8 Å². The van der Waals surface area contributed by atoms with Gasteiger partial charge in [0.15, 0.2) is 0 Å². The molecule has 0 saturated carbocycles. The topological polar surface area (TPSA) is 90.5 Å². The highest BCUT2D eigenvalue weighted by Crippen LogP contribution is 2.18. The summed E-state index contributed by atoms with van der Waals surface area (Å²) in [7, 11) is 0. The van der Waals surface area contributed by atoms with Gasteiger partial charge >= 0.3 is 0 Å². The molecular weight excluding hydrogens is 380 g/mol. The van der Waals surface area contributed by atoms with E-state index in [0.29, 0.717) is 6.42 Å². The molecule has 2 N–H and O–H groups in total. The third-order valence-electron chi connectivity index (χ3n) is 5.89. The van der Waals surface area contributed by atoms with Crippen molar-refractivity contribution in [2.24, 2.45) is 0 Å². The van der Waals surface area contributed by atoms with E-state index < -0.39 is 0 Å². The summed E-state index contributed by atoms with van der Waals surface area (Å²) < 4.78 is 0. The van der Waals surface area contributed by atoms with E-state index in [0.717, 1.165) is 55.2 Å². The Labute approximate surface area is 176 Å². The molecule has 158 valence electrons. The van der Waals surface area contributed by atoms with Crippen molar-refractivity contribution in [3.8, 4) is 11.3 Å². The molecule has 1 aromatic carbocycles. The zero-order valence-corrected chi connectivity index (χ0v) is 17.5. The smallest absolute Gasteiger partial charge is 0.225 e. The van der Waals surface area contributed by atoms with Gasteiger partial charge in [0.1, 0.15) is 6.33 Å². The van der Waals surface area contributed by atoms with Crippen LogP contribution in [0.4, 0.5) is 0 Å². The number of piperazine rings is 1. The van der Waals surface area contributed by atoms with E-state index >= 15 is 0 Å². The van der Waals surface area contributed by atoms with Gasteiger partial charge in [0, 0.05) is 50.9 Å². The Bertz CT molecular complexity index is 908. The second kappa shape index (κ2) is 8.89. The zero-order valence-electron chi connectivity index (χ0n) is 17.5. The van der Waals surface area contributed by atoms with Gasteiger partial charge in [0.25, 0.3) is 0 Å². The number of nitrogens with one attached hydrogen (secondary N) is 2. The standard InChI is InChI=1S/C22H28N6O2/c1-15-11-19(25-14-24-15)18-5-3-17(4-6-18)12-21(30)26-22-20(13-23-22)28-9-7-27(8-10-28)16(2)29/h3-6,11,14,20,22-23H,7-10,12-13H2,1-2H3,(H,26,30)/t20-,22?/m1/s1. The maximum atomic E-state index is 12.5. The molecule has 1 unspecified atom stereocenters. The average molecular weight is 409 g/mol. The highest BCUT2D eigenvalue weighted by molar-refractivity contribution is 5.79. The van der Waals surface area contributed by atoms with Crippen molar-refractivity contribution in [3.05, 3.63) is 47.9 Å². The molecule has 2 atom stereocenters. The van der Waals surface area contributed by atoms with E-state index in [2.05, 4.69) is 25.5 Å². The fraction of sp³-hybridized carbons (Fsp3) is 0.455. The van der Waals surface area contributed by atoms with E-state index in [1.54, 1.807) is 13.3 Å². The van der Waals surface area contributed by atoms with E-state index in [1.165, 1.54) is 0 Å². The Kier molecular flexibility index (Phi) is 6.06. The number of rotatable bonds is 5. The maximum Gasteiger partial charge on any atom is 0.225 e. The normalized spacial score (nSPS) is 21.7. The van der Waals surface area contributed by atoms with Crippen LogP contribution in [0.5, 0.6) is 0 Å².